The normalized spacial score (nSPS) is 14.7. The molecule has 1 heterocycles. The molecule has 1 fully saturated rings. The summed E-state index contributed by atoms with van der Waals surface area (Å²) in [5.41, 5.74) is 1.61. The van der Waals surface area contributed by atoms with Crippen LogP contribution in [0.2, 0.25) is 0 Å². The summed E-state index contributed by atoms with van der Waals surface area (Å²) in [5.74, 6) is 1.44. The van der Waals surface area contributed by atoms with Crippen molar-refractivity contribution in [2.24, 2.45) is 5.92 Å². The number of anilines is 1. The van der Waals surface area contributed by atoms with Crippen LogP contribution in [0.5, 0.6) is 11.5 Å². The molecule has 0 radical (unpaired) electrons. The number of para-hydroxylation sites is 1. The molecule has 1 aliphatic heterocycles. The first-order valence-electron chi connectivity index (χ1n) is 12.5. The number of hydrogen-bond acceptors (Lipinski definition) is 6. The molecule has 3 rings (SSSR count). The number of methoxy groups -OCH3 is 1. The molecule has 7 heteroatoms. The first kappa shape index (κ1) is 26.5. The SMILES string of the molecule is COc1ccc(C(=O)c2cccc(NCC(=O)NCC3CCN(C(C)C)CC3)c2OC(C)C)cc1. The second-order valence-corrected chi connectivity index (χ2v) is 9.64. The number of piperidine rings is 1. The topological polar surface area (TPSA) is 79.9 Å². The first-order valence-corrected chi connectivity index (χ1v) is 12.5. The molecule has 0 saturated carbocycles. The highest BCUT2D eigenvalue weighted by Gasteiger charge is 2.22. The highest BCUT2D eigenvalue weighted by atomic mass is 16.5. The fraction of sp³-hybridized carbons (Fsp3) is 0.500. The molecule has 0 aliphatic carbocycles. The maximum atomic E-state index is 13.2. The third-order valence-corrected chi connectivity index (χ3v) is 6.37. The highest BCUT2D eigenvalue weighted by molar-refractivity contribution is 6.11. The molecule has 0 bridgehead atoms. The van der Waals surface area contributed by atoms with Crippen LogP contribution in [0.25, 0.3) is 0 Å². The van der Waals surface area contributed by atoms with Crippen LogP contribution in [0.3, 0.4) is 0 Å². The van der Waals surface area contributed by atoms with E-state index in [9.17, 15) is 9.59 Å². The Balaban J connectivity index is 1.63. The van der Waals surface area contributed by atoms with Crippen molar-refractivity contribution >= 4 is 17.4 Å². The van der Waals surface area contributed by atoms with E-state index in [1.807, 2.05) is 19.9 Å². The fourth-order valence-electron chi connectivity index (χ4n) is 4.29. The maximum Gasteiger partial charge on any atom is 0.239 e. The first-order chi connectivity index (χ1) is 16.8. The van der Waals surface area contributed by atoms with E-state index in [0.29, 0.717) is 46.8 Å². The predicted octanol–water partition coefficient (Wildman–Crippen LogP) is 4.36. The van der Waals surface area contributed by atoms with E-state index in [1.165, 1.54) is 0 Å². The second kappa shape index (κ2) is 12.6. The van der Waals surface area contributed by atoms with Crippen LogP contribution in [0.1, 0.15) is 56.5 Å². The third kappa shape index (κ3) is 7.46. The van der Waals surface area contributed by atoms with E-state index in [1.54, 1.807) is 43.5 Å². The Morgan fingerprint density at radius 3 is 2.31 bits per heavy atom. The van der Waals surface area contributed by atoms with Crippen molar-refractivity contribution in [2.45, 2.75) is 52.7 Å². The molecule has 2 aromatic carbocycles. The molecule has 1 aliphatic rings. The summed E-state index contributed by atoms with van der Waals surface area (Å²) in [6.07, 6.45) is 2.08. The van der Waals surface area contributed by atoms with Gasteiger partial charge in [0.25, 0.3) is 0 Å². The molecule has 35 heavy (non-hydrogen) atoms. The molecule has 2 N–H and O–H groups in total. The zero-order valence-corrected chi connectivity index (χ0v) is 21.6. The van der Waals surface area contributed by atoms with Crippen LogP contribution in [0.4, 0.5) is 5.69 Å². The lowest BCUT2D eigenvalue weighted by Crippen LogP contribution is -2.42. The number of nitrogens with zero attached hydrogens (tertiary/aromatic N) is 1. The molecule has 0 unspecified atom stereocenters. The van der Waals surface area contributed by atoms with E-state index in [-0.39, 0.29) is 24.3 Å². The number of rotatable bonds is 11. The van der Waals surface area contributed by atoms with Gasteiger partial charge in [-0.3, -0.25) is 9.59 Å². The largest absolute Gasteiger partial charge is 0.497 e. The van der Waals surface area contributed by atoms with E-state index in [4.69, 9.17) is 9.47 Å². The minimum absolute atomic E-state index is 0.0707. The predicted molar refractivity (Wildman–Crippen MR) is 140 cm³/mol. The third-order valence-electron chi connectivity index (χ3n) is 6.37. The van der Waals surface area contributed by atoms with Gasteiger partial charge in [-0.05, 0) is 95.9 Å². The number of likely N-dealkylation sites (tertiary alicyclic amines) is 1. The Hall–Kier alpha value is -3.06. The summed E-state index contributed by atoms with van der Waals surface area (Å²) in [6.45, 7) is 11.3. The average Bonchev–Trinajstić information content (AvgIpc) is 2.86. The maximum absolute atomic E-state index is 13.2. The van der Waals surface area contributed by atoms with Crippen LogP contribution in [-0.2, 0) is 4.79 Å². The van der Waals surface area contributed by atoms with Gasteiger partial charge < -0.3 is 25.0 Å². The number of ether oxygens (including phenoxy) is 2. The summed E-state index contributed by atoms with van der Waals surface area (Å²) in [6, 6.07) is 12.9. The van der Waals surface area contributed by atoms with Crippen LogP contribution in [0, 0.1) is 5.92 Å². The molecule has 2 aromatic rings. The average molecular weight is 482 g/mol. The van der Waals surface area contributed by atoms with Crippen molar-refractivity contribution in [1.82, 2.24) is 10.2 Å². The number of amides is 1. The summed E-state index contributed by atoms with van der Waals surface area (Å²) in [4.78, 5) is 28.3. The monoisotopic (exact) mass is 481 g/mol. The van der Waals surface area contributed by atoms with Gasteiger partial charge in [0.05, 0.1) is 31.0 Å². The molecule has 190 valence electrons. The summed E-state index contributed by atoms with van der Waals surface area (Å²) in [7, 11) is 1.59. The van der Waals surface area contributed by atoms with E-state index >= 15 is 0 Å². The standard InChI is InChI=1S/C28H39N3O4/c1-19(2)31-15-13-21(14-16-31)17-30-26(32)18-29-25-8-6-7-24(28(25)35-20(3)4)27(33)22-9-11-23(34-5)12-10-22/h6-12,19-21,29H,13-18H2,1-5H3,(H,30,32). The van der Waals surface area contributed by atoms with Gasteiger partial charge in [-0.25, -0.2) is 0 Å². The molecule has 0 aromatic heterocycles. The number of hydrogen-bond donors (Lipinski definition) is 2. The van der Waals surface area contributed by atoms with Crippen molar-refractivity contribution in [3.05, 3.63) is 53.6 Å². The number of carbonyl (C=O) groups excluding carboxylic acids is 2. The quantitative estimate of drug-likeness (QED) is 0.464. The smallest absolute Gasteiger partial charge is 0.239 e. The molecule has 1 saturated heterocycles. The van der Waals surface area contributed by atoms with E-state index in [0.717, 1.165) is 25.9 Å². The molecular weight excluding hydrogens is 442 g/mol. The van der Waals surface area contributed by atoms with Gasteiger partial charge in [0.2, 0.25) is 5.91 Å². The molecule has 0 atom stereocenters. The summed E-state index contributed by atoms with van der Waals surface area (Å²) < 4.78 is 11.2. The Morgan fingerprint density at radius 1 is 1.03 bits per heavy atom. The van der Waals surface area contributed by atoms with Crippen molar-refractivity contribution in [3.8, 4) is 11.5 Å². The van der Waals surface area contributed by atoms with Gasteiger partial charge in [-0.1, -0.05) is 6.07 Å². The molecular formula is C28H39N3O4. The Bertz CT molecular complexity index is 980. The fourth-order valence-corrected chi connectivity index (χ4v) is 4.29. The van der Waals surface area contributed by atoms with Crippen LogP contribution in [-0.4, -0.2) is 62.0 Å². The lowest BCUT2D eigenvalue weighted by Gasteiger charge is -2.34. The number of carbonyl (C=O) groups is 2. The molecule has 1 amide bonds. The lowest BCUT2D eigenvalue weighted by molar-refractivity contribution is -0.119. The zero-order valence-electron chi connectivity index (χ0n) is 21.6. The Labute approximate surface area is 209 Å². The van der Waals surface area contributed by atoms with Gasteiger partial charge in [0, 0.05) is 18.2 Å². The van der Waals surface area contributed by atoms with Gasteiger partial charge >= 0.3 is 0 Å². The van der Waals surface area contributed by atoms with Crippen molar-refractivity contribution in [2.75, 3.05) is 38.6 Å². The van der Waals surface area contributed by atoms with Crippen molar-refractivity contribution in [1.29, 1.82) is 0 Å². The van der Waals surface area contributed by atoms with Gasteiger partial charge in [-0.2, -0.15) is 0 Å². The Morgan fingerprint density at radius 2 is 1.71 bits per heavy atom. The summed E-state index contributed by atoms with van der Waals surface area (Å²) >= 11 is 0. The number of nitrogens with one attached hydrogen (secondary N) is 2. The molecule has 0 spiro atoms. The van der Waals surface area contributed by atoms with E-state index in [2.05, 4.69) is 29.4 Å². The van der Waals surface area contributed by atoms with Gasteiger partial charge in [-0.15, -0.1) is 0 Å². The second-order valence-electron chi connectivity index (χ2n) is 9.64. The Kier molecular flexibility index (Phi) is 9.55. The molecule has 7 nitrogen and oxygen atoms in total. The van der Waals surface area contributed by atoms with Gasteiger partial charge in [0.1, 0.15) is 5.75 Å². The zero-order chi connectivity index (χ0) is 25.4. The van der Waals surface area contributed by atoms with Crippen molar-refractivity contribution < 1.29 is 19.1 Å². The van der Waals surface area contributed by atoms with Crippen LogP contribution < -0.4 is 20.1 Å². The minimum atomic E-state index is -0.149. The van der Waals surface area contributed by atoms with Crippen molar-refractivity contribution in [3.63, 3.8) is 0 Å². The summed E-state index contributed by atoms with van der Waals surface area (Å²) in [5, 5.41) is 6.24. The van der Waals surface area contributed by atoms with Crippen LogP contribution in [0.15, 0.2) is 42.5 Å². The number of ketones is 1. The van der Waals surface area contributed by atoms with Gasteiger partial charge in [0.15, 0.2) is 11.5 Å². The van der Waals surface area contributed by atoms with Crippen LogP contribution >= 0.6 is 0 Å². The minimum Gasteiger partial charge on any atom is -0.497 e. The van der Waals surface area contributed by atoms with E-state index < -0.39 is 0 Å². The highest BCUT2D eigenvalue weighted by Crippen LogP contribution is 2.32. The number of benzene rings is 2. The lowest BCUT2D eigenvalue weighted by atomic mass is 9.96.